The van der Waals surface area contributed by atoms with Crippen LogP contribution in [0, 0.1) is 5.92 Å². The van der Waals surface area contributed by atoms with Gasteiger partial charge in [-0.05, 0) is 25.1 Å². The van der Waals surface area contributed by atoms with E-state index in [2.05, 4.69) is 13.8 Å². The van der Waals surface area contributed by atoms with Crippen LogP contribution in [0.5, 0.6) is 0 Å². The smallest absolute Gasteiger partial charge is 0.182 e. The number of rotatable bonds is 4. The van der Waals surface area contributed by atoms with Gasteiger partial charge in [0, 0.05) is 0 Å². The molecule has 0 spiro atoms. The third-order valence-electron chi connectivity index (χ3n) is 1.57. The molecule has 0 aliphatic heterocycles. The first kappa shape index (κ1) is 10.2. The molecule has 0 saturated heterocycles. The summed E-state index contributed by atoms with van der Waals surface area (Å²) in [6.45, 7) is 8.47. The molecule has 0 unspecified atom stereocenters. The van der Waals surface area contributed by atoms with E-state index in [4.69, 9.17) is 0 Å². The minimum Gasteiger partial charge on any atom is -0.432 e. The Bertz CT molecular complexity index is 83.7. The Hall–Kier alpha value is 0.177. The van der Waals surface area contributed by atoms with E-state index in [0.29, 0.717) is 0 Å². The number of hydrogen-bond donors (Lipinski definition) is 1. The summed E-state index contributed by atoms with van der Waals surface area (Å²) >= 11 is 0. The second-order valence-electron chi connectivity index (χ2n) is 4.10. The first-order valence-electron chi connectivity index (χ1n) is 4.14. The fourth-order valence-electron chi connectivity index (χ4n) is 0.943. The lowest BCUT2D eigenvalue weighted by atomic mass is 10.1. The summed E-state index contributed by atoms with van der Waals surface area (Å²) < 4.78 is 0. The van der Waals surface area contributed by atoms with Gasteiger partial charge in [-0.2, -0.15) is 0 Å². The van der Waals surface area contributed by atoms with Crippen LogP contribution >= 0.6 is 0 Å². The van der Waals surface area contributed by atoms with Crippen molar-refractivity contribution in [2.45, 2.75) is 45.8 Å². The van der Waals surface area contributed by atoms with Crippen molar-refractivity contribution in [1.29, 1.82) is 0 Å². The standard InChI is InChI=1S/C8H20OSi/c1-8(2)6-5-7-10(3,4)9/h8-9H,5-7H2,1-4H3. The summed E-state index contributed by atoms with van der Waals surface area (Å²) in [7, 11) is -1.72. The lowest BCUT2D eigenvalue weighted by Crippen LogP contribution is -2.24. The SMILES string of the molecule is CC(C)CCC[Si](C)(C)O. The minimum atomic E-state index is -1.72. The maximum atomic E-state index is 9.47. The molecule has 0 amide bonds. The van der Waals surface area contributed by atoms with Gasteiger partial charge in [-0.15, -0.1) is 0 Å². The van der Waals surface area contributed by atoms with Crippen molar-refractivity contribution in [3.8, 4) is 0 Å². The first-order valence-corrected chi connectivity index (χ1v) is 7.29. The first-order chi connectivity index (χ1) is 4.42. The third kappa shape index (κ3) is 8.18. The molecule has 0 aromatic heterocycles. The zero-order valence-corrected chi connectivity index (χ0v) is 8.65. The van der Waals surface area contributed by atoms with E-state index in [1.165, 1.54) is 12.8 Å². The van der Waals surface area contributed by atoms with Crippen LogP contribution in [-0.4, -0.2) is 13.1 Å². The predicted molar refractivity (Wildman–Crippen MR) is 48.6 cm³/mol. The van der Waals surface area contributed by atoms with E-state index in [9.17, 15) is 4.80 Å². The molecule has 0 fully saturated rings. The van der Waals surface area contributed by atoms with Crippen molar-refractivity contribution in [1.82, 2.24) is 0 Å². The second kappa shape index (κ2) is 4.14. The molecule has 1 N–H and O–H groups in total. The summed E-state index contributed by atoms with van der Waals surface area (Å²) in [5.41, 5.74) is 0. The zero-order chi connectivity index (χ0) is 8.20. The highest BCUT2D eigenvalue weighted by molar-refractivity contribution is 6.69. The van der Waals surface area contributed by atoms with Crippen LogP contribution in [0.3, 0.4) is 0 Å². The number of hydrogen-bond acceptors (Lipinski definition) is 1. The van der Waals surface area contributed by atoms with E-state index in [0.717, 1.165) is 12.0 Å². The van der Waals surface area contributed by atoms with Crippen LogP contribution in [0.15, 0.2) is 0 Å². The quantitative estimate of drug-likeness (QED) is 0.627. The van der Waals surface area contributed by atoms with Crippen molar-refractivity contribution < 1.29 is 4.80 Å². The molecule has 2 heteroatoms. The molecule has 0 aliphatic rings. The van der Waals surface area contributed by atoms with E-state index >= 15 is 0 Å². The average molecular weight is 160 g/mol. The molecule has 10 heavy (non-hydrogen) atoms. The van der Waals surface area contributed by atoms with Crippen molar-refractivity contribution in [3.63, 3.8) is 0 Å². The van der Waals surface area contributed by atoms with Crippen molar-refractivity contribution in [2.24, 2.45) is 5.92 Å². The molecule has 62 valence electrons. The van der Waals surface area contributed by atoms with E-state index in [-0.39, 0.29) is 0 Å². The Morgan fingerprint density at radius 2 is 1.80 bits per heavy atom. The zero-order valence-electron chi connectivity index (χ0n) is 7.65. The highest BCUT2D eigenvalue weighted by Gasteiger charge is 2.15. The van der Waals surface area contributed by atoms with Crippen molar-refractivity contribution in [3.05, 3.63) is 0 Å². The van der Waals surface area contributed by atoms with E-state index in [1.54, 1.807) is 0 Å². The highest BCUT2D eigenvalue weighted by Crippen LogP contribution is 2.13. The Morgan fingerprint density at radius 3 is 2.10 bits per heavy atom. The van der Waals surface area contributed by atoms with E-state index in [1.807, 2.05) is 13.1 Å². The fraction of sp³-hybridized carbons (Fsp3) is 1.00. The van der Waals surface area contributed by atoms with Gasteiger partial charge in [0.2, 0.25) is 0 Å². The average Bonchev–Trinajstić information content (AvgIpc) is 1.59. The highest BCUT2D eigenvalue weighted by atomic mass is 28.4. The van der Waals surface area contributed by atoms with Gasteiger partial charge in [0.25, 0.3) is 0 Å². The molecule has 0 aromatic carbocycles. The molecular weight excluding hydrogens is 140 g/mol. The summed E-state index contributed by atoms with van der Waals surface area (Å²) in [6.07, 6.45) is 2.46. The lowest BCUT2D eigenvalue weighted by Gasteiger charge is -2.13. The molecule has 1 nitrogen and oxygen atoms in total. The third-order valence-corrected chi connectivity index (χ3v) is 3.15. The van der Waals surface area contributed by atoms with Gasteiger partial charge in [0.15, 0.2) is 8.32 Å². The fourth-order valence-corrected chi connectivity index (χ4v) is 2.01. The van der Waals surface area contributed by atoms with Crippen LogP contribution in [0.25, 0.3) is 0 Å². The molecule has 0 radical (unpaired) electrons. The summed E-state index contributed by atoms with van der Waals surface area (Å²) in [5, 5.41) is 0. The van der Waals surface area contributed by atoms with Gasteiger partial charge < -0.3 is 4.80 Å². The van der Waals surface area contributed by atoms with Crippen LogP contribution in [0.4, 0.5) is 0 Å². The molecule has 0 rings (SSSR count). The monoisotopic (exact) mass is 160 g/mol. The predicted octanol–water partition coefficient (Wildman–Crippen LogP) is 2.62. The van der Waals surface area contributed by atoms with Crippen LogP contribution in [-0.2, 0) is 0 Å². The van der Waals surface area contributed by atoms with Crippen LogP contribution < -0.4 is 0 Å². The Kier molecular flexibility index (Phi) is 4.21. The minimum absolute atomic E-state index is 0.788. The van der Waals surface area contributed by atoms with Crippen molar-refractivity contribution >= 4 is 8.32 Å². The maximum absolute atomic E-state index is 9.47. The van der Waals surface area contributed by atoms with Gasteiger partial charge in [0.1, 0.15) is 0 Å². The molecule has 0 saturated carbocycles. The lowest BCUT2D eigenvalue weighted by molar-refractivity contribution is 0.522. The van der Waals surface area contributed by atoms with Crippen LogP contribution in [0.1, 0.15) is 26.7 Å². The topological polar surface area (TPSA) is 20.2 Å². The normalized spacial score (nSPS) is 12.6. The molecule has 0 atom stereocenters. The summed E-state index contributed by atoms with van der Waals surface area (Å²) in [6, 6.07) is 1.06. The molecule has 0 aliphatic carbocycles. The largest absolute Gasteiger partial charge is 0.432 e. The summed E-state index contributed by atoms with van der Waals surface area (Å²) in [5.74, 6) is 0.788. The Balaban J connectivity index is 3.21. The molecular formula is C8H20OSi. The molecule has 0 bridgehead atoms. The van der Waals surface area contributed by atoms with Gasteiger partial charge in [-0.25, -0.2) is 0 Å². The van der Waals surface area contributed by atoms with Gasteiger partial charge in [-0.3, -0.25) is 0 Å². The van der Waals surface area contributed by atoms with Gasteiger partial charge in [0.05, 0.1) is 0 Å². The van der Waals surface area contributed by atoms with Crippen molar-refractivity contribution in [2.75, 3.05) is 0 Å². The second-order valence-corrected chi connectivity index (χ2v) is 8.22. The maximum Gasteiger partial charge on any atom is 0.182 e. The Morgan fingerprint density at radius 1 is 1.30 bits per heavy atom. The summed E-state index contributed by atoms with van der Waals surface area (Å²) in [4.78, 5) is 9.47. The molecule has 0 aromatic rings. The van der Waals surface area contributed by atoms with E-state index < -0.39 is 8.32 Å². The molecule has 0 heterocycles. The van der Waals surface area contributed by atoms with Crippen LogP contribution in [0.2, 0.25) is 19.1 Å². The van der Waals surface area contributed by atoms with Gasteiger partial charge in [-0.1, -0.05) is 26.7 Å². The van der Waals surface area contributed by atoms with Gasteiger partial charge >= 0.3 is 0 Å². The Labute approximate surface area is 65.6 Å².